The predicted octanol–water partition coefficient (Wildman–Crippen LogP) is 1.84. The van der Waals surface area contributed by atoms with Gasteiger partial charge in [-0.05, 0) is 12.5 Å². The Hall–Kier alpha value is -2.63. The molecular weight excluding hydrogens is 292 g/mol. The third kappa shape index (κ3) is 3.97. The molecule has 122 valence electrons. The summed E-state index contributed by atoms with van der Waals surface area (Å²) in [4.78, 5) is 24.0. The van der Waals surface area contributed by atoms with Gasteiger partial charge in [-0.1, -0.05) is 44.2 Å². The molecule has 0 radical (unpaired) electrons. The Morgan fingerprint density at radius 3 is 2.35 bits per heavy atom. The zero-order chi connectivity index (χ0) is 17.0. The molecule has 6 heteroatoms. The molecule has 0 aliphatic carbocycles. The van der Waals surface area contributed by atoms with Gasteiger partial charge < -0.3 is 10.6 Å². The van der Waals surface area contributed by atoms with E-state index in [1.807, 2.05) is 51.1 Å². The van der Waals surface area contributed by atoms with Crippen molar-refractivity contribution in [3.05, 3.63) is 48.2 Å². The number of benzene rings is 1. The number of aryl methyl sites for hydroxylation is 1. The van der Waals surface area contributed by atoms with Gasteiger partial charge in [0.1, 0.15) is 0 Å². The van der Waals surface area contributed by atoms with Crippen LogP contribution < -0.4 is 10.6 Å². The first-order valence-electron chi connectivity index (χ1n) is 7.47. The minimum atomic E-state index is -0.723. The number of nitrogens with one attached hydrogen (secondary N) is 2. The van der Waals surface area contributed by atoms with E-state index in [4.69, 9.17) is 0 Å². The molecule has 6 nitrogen and oxygen atoms in total. The van der Waals surface area contributed by atoms with Crippen molar-refractivity contribution in [3.8, 4) is 0 Å². The van der Waals surface area contributed by atoms with E-state index in [9.17, 15) is 9.59 Å². The minimum Gasteiger partial charge on any atom is -0.344 e. The predicted molar refractivity (Wildman–Crippen MR) is 88.9 cm³/mol. The van der Waals surface area contributed by atoms with Crippen molar-refractivity contribution < 1.29 is 9.59 Å². The topological polar surface area (TPSA) is 76.0 Å². The van der Waals surface area contributed by atoms with Gasteiger partial charge in [-0.15, -0.1) is 0 Å². The largest absolute Gasteiger partial charge is 0.344 e. The molecule has 2 aromatic rings. The average Bonchev–Trinajstić information content (AvgIpc) is 2.93. The summed E-state index contributed by atoms with van der Waals surface area (Å²) >= 11 is 0. The first-order valence-corrected chi connectivity index (χ1v) is 7.47. The molecule has 1 aromatic heterocycles. The van der Waals surface area contributed by atoms with Gasteiger partial charge in [0.2, 0.25) is 0 Å². The third-order valence-electron chi connectivity index (χ3n) is 4.11. The molecule has 1 aromatic carbocycles. The second kappa shape index (κ2) is 6.64. The van der Waals surface area contributed by atoms with Crippen LogP contribution in [0.1, 0.15) is 26.3 Å². The molecule has 2 rings (SSSR count). The summed E-state index contributed by atoms with van der Waals surface area (Å²) < 4.78 is 1.55. The minimum absolute atomic E-state index is 0.216. The number of carbonyl (C=O) groups excluding carboxylic acids is 2. The van der Waals surface area contributed by atoms with E-state index in [1.165, 1.54) is 0 Å². The lowest BCUT2D eigenvalue weighted by atomic mass is 9.78. The third-order valence-corrected chi connectivity index (χ3v) is 4.11. The number of aromatic nitrogens is 2. The van der Waals surface area contributed by atoms with E-state index in [1.54, 1.807) is 24.0 Å². The molecule has 1 heterocycles. The summed E-state index contributed by atoms with van der Waals surface area (Å²) in [5.74, 6) is -1.05. The maximum atomic E-state index is 12.1. The van der Waals surface area contributed by atoms with Crippen LogP contribution in [0.2, 0.25) is 0 Å². The van der Waals surface area contributed by atoms with Crippen molar-refractivity contribution in [3.63, 3.8) is 0 Å². The fourth-order valence-corrected chi connectivity index (χ4v) is 2.22. The molecule has 0 spiro atoms. The normalized spacial score (nSPS) is 12.5. The maximum absolute atomic E-state index is 12.1. The van der Waals surface area contributed by atoms with Crippen molar-refractivity contribution >= 4 is 17.6 Å². The second-order valence-electron chi connectivity index (χ2n) is 6.11. The van der Waals surface area contributed by atoms with E-state index in [0.29, 0.717) is 5.82 Å². The van der Waals surface area contributed by atoms with Gasteiger partial charge in [0.15, 0.2) is 5.82 Å². The van der Waals surface area contributed by atoms with E-state index < -0.39 is 11.8 Å². The van der Waals surface area contributed by atoms with Crippen LogP contribution in [0.25, 0.3) is 0 Å². The molecule has 2 N–H and O–H groups in total. The van der Waals surface area contributed by atoms with Crippen LogP contribution in [0.5, 0.6) is 0 Å². The molecule has 1 unspecified atom stereocenters. The summed E-state index contributed by atoms with van der Waals surface area (Å²) in [5.41, 5.74) is 0.792. The number of amides is 2. The van der Waals surface area contributed by atoms with Gasteiger partial charge in [0.05, 0.1) is 0 Å². The smallest absolute Gasteiger partial charge is 0.314 e. The molecule has 0 saturated heterocycles. The summed E-state index contributed by atoms with van der Waals surface area (Å²) in [7, 11) is 1.74. The molecule has 23 heavy (non-hydrogen) atoms. The summed E-state index contributed by atoms with van der Waals surface area (Å²) in [6.07, 6.45) is 1.69. The number of anilines is 1. The van der Waals surface area contributed by atoms with Gasteiger partial charge >= 0.3 is 11.8 Å². The fourth-order valence-electron chi connectivity index (χ4n) is 2.22. The number of rotatable bonds is 4. The lowest BCUT2D eigenvalue weighted by molar-refractivity contribution is -0.136. The van der Waals surface area contributed by atoms with Gasteiger partial charge in [-0.3, -0.25) is 14.3 Å². The number of carbonyl (C=O) groups is 2. The Morgan fingerprint density at radius 1 is 1.13 bits per heavy atom. The lowest BCUT2D eigenvalue weighted by Gasteiger charge is -2.32. The zero-order valence-corrected chi connectivity index (χ0v) is 13.8. The van der Waals surface area contributed by atoms with Crippen molar-refractivity contribution in [2.75, 3.05) is 5.32 Å². The Morgan fingerprint density at radius 2 is 1.78 bits per heavy atom. The van der Waals surface area contributed by atoms with Crippen LogP contribution in [0, 0.1) is 0 Å². The Balaban J connectivity index is 2.00. The fraction of sp³-hybridized carbons (Fsp3) is 0.353. The van der Waals surface area contributed by atoms with Crippen LogP contribution in [0.4, 0.5) is 5.82 Å². The molecule has 1 atom stereocenters. The van der Waals surface area contributed by atoms with Gasteiger partial charge in [0.25, 0.3) is 0 Å². The first-order chi connectivity index (χ1) is 10.8. The standard InChI is InChI=1S/C17H22N4O2/c1-12(17(2,3)13-8-6-5-7-9-13)18-15(22)16(23)19-14-10-11-21(4)20-14/h5-12H,1-4H3,(H,18,22)(H,19,20,23). The quantitative estimate of drug-likeness (QED) is 0.846. The zero-order valence-electron chi connectivity index (χ0n) is 13.8. The van der Waals surface area contributed by atoms with E-state index in [0.717, 1.165) is 5.56 Å². The maximum Gasteiger partial charge on any atom is 0.314 e. The SMILES string of the molecule is CC(NC(=O)C(=O)Nc1ccn(C)n1)C(C)(C)c1ccccc1. The van der Waals surface area contributed by atoms with Crippen molar-refractivity contribution in [2.24, 2.45) is 7.05 Å². The van der Waals surface area contributed by atoms with Crippen LogP contribution in [0.15, 0.2) is 42.6 Å². The molecule has 0 aliphatic heterocycles. The molecule has 0 fully saturated rings. The van der Waals surface area contributed by atoms with Gasteiger partial charge in [-0.2, -0.15) is 5.10 Å². The lowest BCUT2D eigenvalue weighted by Crippen LogP contribution is -2.48. The van der Waals surface area contributed by atoms with Crippen molar-refractivity contribution in [1.29, 1.82) is 0 Å². The van der Waals surface area contributed by atoms with E-state index in [2.05, 4.69) is 15.7 Å². The molecular formula is C17H22N4O2. The highest BCUT2D eigenvalue weighted by molar-refractivity contribution is 6.39. The summed E-state index contributed by atoms with van der Waals surface area (Å²) in [6.45, 7) is 5.95. The van der Waals surface area contributed by atoms with Crippen LogP contribution in [0.3, 0.4) is 0 Å². The van der Waals surface area contributed by atoms with Gasteiger partial charge in [-0.25, -0.2) is 0 Å². The Kier molecular flexibility index (Phi) is 4.83. The highest BCUT2D eigenvalue weighted by Gasteiger charge is 2.30. The number of hydrogen-bond acceptors (Lipinski definition) is 3. The van der Waals surface area contributed by atoms with Crippen LogP contribution >= 0.6 is 0 Å². The van der Waals surface area contributed by atoms with Crippen molar-refractivity contribution in [2.45, 2.75) is 32.2 Å². The Bertz CT molecular complexity index is 692. The highest BCUT2D eigenvalue weighted by Crippen LogP contribution is 2.26. The van der Waals surface area contributed by atoms with E-state index in [-0.39, 0.29) is 11.5 Å². The highest BCUT2D eigenvalue weighted by atomic mass is 16.2. The molecule has 0 saturated carbocycles. The van der Waals surface area contributed by atoms with Crippen LogP contribution in [-0.4, -0.2) is 27.6 Å². The summed E-state index contributed by atoms with van der Waals surface area (Å²) in [6, 6.07) is 11.3. The average molecular weight is 314 g/mol. The number of hydrogen-bond donors (Lipinski definition) is 2. The van der Waals surface area contributed by atoms with Gasteiger partial charge in [0, 0.05) is 30.8 Å². The second-order valence-corrected chi connectivity index (χ2v) is 6.11. The summed E-state index contributed by atoms with van der Waals surface area (Å²) in [5, 5.41) is 9.25. The molecule has 2 amide bonds. The van der Waals surface area contributed by atoms with Crippen molar-refractivity contribution in [1.82, 2.24) is 15.1 Å². The monoisotopic (exact) mass is 314 g/mol. The van der Waals surface area contributed by atoms with E-state index >= 15 is 0 Å². The number of nitrogens with zero attached hydrogens (tertiary/aromatic N) is 2. The first kappa shape index (κ1) is 16.7. The molecule has 0 aliphatic rings. The Labute approximate surface area is 135 Å². The molecule has 0 bridgehead atoms. The van der Waals surface area contributed by atoms with Crippen LogP contribution in [-0.2, 0) is 22.1 Å².